The summed E-state index contributed by atoms with van der Waals surface area (Å²) in [5, 5.41) is 13.0. The van der Waals surface area contributed by atoms with Crippen molar-refractivity contribution in [1.29, 1.82) is 0 Å². The first-order valence-electron chi connectivity index (χ1n) is 13.3. The topological polar surface area (TPSA) is 75.9 Å². The van der Waals surface area contributed by atoms with Gasteiger partial charge in [0.15, 0.2) is 0 Å². The SMILES string of the molecule is CC1c2cc(F)ccc2CN(CCN(Cc2ccccc2)C(=O)OC(C)(C)C)C1(Cc1ccc(F)cc1)[N+](=O)[O-]. The predicted molar refractivity (Wildman–Crippen MR) is 148 cm³/mol. The molecule has 0 spiro atoms. The largest absolute Gasteiger partial charge is 0.444 e. The minimum absolute atomic E-state index is 0.0253. The van der Waals surface area contributed by atoms with Gasteiger partial charge in [-0.15, -0.1) is 0 Å². The Morgan fingerprint density at radius 2 is 1.70 bits per heavy atom. The van der Waals surface area contributed by atoms with E-state index in [1.807, 2.05) is 30.3 Å². The Kier molecular flexibility index (Phi) is 8.54. The lowest BCUT2D eigenvalue weighted by molar-refractivity contribution is -0.609. The second kappa shape index (κ2) is 11.7. The Hall–Kier alpha value is -3.85. The minimum atomic E-state index is -1.66. The number of rotatable bonds is 8. The number of hydrogen-bond donors (Lipinski definition) is 0. The van der Waals surface area contributed by atoms with Gasteiger partial charge >= 0.3 is 6.09 Å². The number of amides is 1. The second-order valence-corrected chi connectivity index (χ2v) is 11.3. The molecule has 1 aliphatic rings. The summed E-state index contributed by atoms with van der Waals surface area (Å²) >= 11 is 0. The molecule has 2 unspecified atom stereocenters. The molecule has 9 heteroatoms. The van der Waals surface area contributed by atoms with Gasteiger partial charge in [-0.05, 0) is 74.2 Å². The Morgan fingerprint density at radius 3 is 2.33 bits per heavy atom. The smallest absolute Gasteiger partial charge is 0.410 e. The number of nitro groups is 1. The standard InChI is InChI=1S/C31H35F2N3O4/c1-22-28-18-27(33)15-12-25(28)21-35(31(22,36(38)39)19-23-10-13-26(32)14-11-23)17-16-34(29(37)40-30(2,3)4)20-24-8-6-5-7-9-24/h5-15,18,22H,16-17,19-21H2,1-4H3. The van der Waals surface area contributed by atoms with Crippen molar-refractivity contribution >= 4 is 6.09 Å². The van der Waals surface area contributed by atoms with Gasteiger partial charge < -0.3 is 9.64 Å². The van der Waals surface area contributed by atoms with Crippen LogP contribution in [-0.2, 0) is 24.2 Å². The van der Waals surface area contributed by atoms with Crippen molar-refractivity contribution in [3.63, 3.8) is 0 Å². The van der Waals surface area contributed by atoms with E-state index in [2.05, 4.69) is 0 Å². The first-order chi connectivity index (χ1) is 18.9. The number of halogens is 2. The summed E-state index contributed by atoms with van der Waals surface area (Å²) in [7, 11) is 0. The molecular weight excluding hydrogens is 516 g/mol. The molecule has 1 aliphatic heterocycles. The van der Waals surface area contributed by atoms with Crippen molar-refractivity contribution in [2.45, 2.75) is 64.4 Å². The Labute approximate surface area is 233 Å². The molecule has 1 amide bonds. The Balaban J connectivity index is 1.71. The van der Waals surface area contributed by atoms with Crippen LogP contribution in [0.1, 0.15) is 55.9 Å². The highest BCUT2D eigenvalue weighted by Crippen LogP contribution is 2.43. The average Bonchev–Trinajstić information content (AvgIpc) is 2.89. The number of fused-ring (bicyclic) bond motifs is 1. The molecule has 0 fully saturated rings. The maximum atomic E-state index is 14.3. The van der Waals surface area contributed by atoms with E-state index in [-0.39, 0.29) is 37.5 Å². The van der Waals surface area contributed by atoms with E-state index in [0.717, 1.165) is 11.1 Å². The van der Waals surface area contributed by atoms with Crippen molar-refractivity contribution in [2.75, 3.05) is 13.1 Å². The molecule has 4 rings (SSSR count). The van der Waals surface area contributed by atoms with Crippen molar-refractivity contribution in [1.82, 2.24) is 9.80 Å². The van der Waals surface area contributed by atoms with Crippen LogP contribution in [-0.4, -0.2) is 45.2 Å². The number of carbonyl (C=O) groups excluding carboxylic acids is 1. The van der Waals surface area contributed by atoms with Gasteiger partial charge in [0, 0.05) is 31.1 Å². The van der Waals surface area contributed by atoms with Crippen molar-refractivity contribution in [3.8, 4) is 0 Å². The lowest BCUT2D eigenvalue weighted by Crippen LogP contribution is -2.62. The van der Waals surface area contributed by atoms with E-state index in [1.54, 1.807) is 43.6 Å². The molecule has 0 aliphatic carbocycles. The molecule has 0 saturated carbocycles. The van der Waals surface area contributed by atoms with Crippen LogP contribution in [0.2, 0.25) is 0 Å². The van der Waals surface area contributed by atoms with Crippen LogP contribution in [0.4, 0.5) is 13.6 Å². The molecule has 0 bridgehead atoms. The van der Waals surface area contributed by atoms with Crippen LogP contribution in [0.5, 0.6) is 0 Å². The molecule has 0 aromatic heterocycles. The third-order valence-corrected chi connectivity index (χ3v) is 7.38. The molecule has 0 saturated heterocycles. The number of carbonyl (C=O) groups is 1. The van der Waals surface area contributed by atoms with Gasteiger partial charge in [0.05, 0.1) is 12.3 Å². The number of ether oxygens (including phenoxy) is 1. The molecule has 0 N–H and O–H groups in total. The van der Waals surface area contributed by atoms with Crippen LogP contribution in [0.3, 0.4) is 0 Å². The van der Waals surface area contributed by atoms with Gasteiger partial charge in [-0.25, -0.2) is 18.5 Å². The summed E-state index contributed by atoms with van der Waals surface area (Å²) in [5.41, 5.74) is 0.462. The third kappa shape index (κ3) is 6.47. The summed E-state index contributed by atoms with van der Waals surface area (Å²) in [6, 6.07) is 19.5. The second-order valence-electron chi connectivity index (χ2n) is 11.3. The third-order valence-electron chi connectivity index (χ3n) is 7.38. The number of hydrogen-bond acceptors (Lipinski definition) is 5. The van der Waals surface area contributed by atoms with E-state index in [9.17, 15) is 23.7 Å². The highest BCUT2D eigenvalue weighted by atomic mass is 19.1. The minimum Gasteiger partial charge on any atom is -0.444 e. The van der Waals surface area contributed by atoms with Gasteiger partial charge in [-0.3, -0.25) is 10.1 Å². The molecule has 1 heterocycles. The Morgan fingerprint density at radius 1 is 1.05 bits per heavy atom. The first kappa shape index (κ1) is 29.1. The average molecular weight is 552 g/mol. The zero-order valence-corrected chi connectivity index (χ0v) is 23.3. The zero-order chi connectivity index (χ0) is 29.1. The van der Waals surface area contributed by atoms with Crippen molar-refractivity contribution < 1.29 is 23.2 Å². The summed E-state index contributed by atoms with van der Waals surface area (Å²) in [6.45, 7) is 7.87. The monoisotopic (exact) mass is 551 g/mol. The highest BCUT2D eigenvalue weighted by molar-refractivity contribution is 5.68. The molecule has 2 atom stereocenters. The van der Waals surface area contributed by atoms with E-state index < -0.39 is 34.9 Å². The fourth-order valence-electron chi connectivity index (χ4n) is 5.36. The van der Waals surface area contributed by atoms with Crippen LogP contribution < -0.4 is 0 Å². The van der Waals surface area contributed by atoms with E-state index in [0.29, 0.717) is 11.1 Å². The molecule has 3 aromatic carbocycles. The summed E-state index contributed by atoms with van der Waals surface area (Å²) in [4.78, 5) is 29.2. The van der Waals surface area contributed by atoms with Gasteiger partial charge in [-0.1, -0.05) is 48.5 Å². The van der Waals surface area contributed by atoms with Crippen molar-refractivity contribution in [2.24, 2.45) is 0 Å². The van der Waals surface area contributed by atoms with E-state index in [1.165, 1.54) is 36.4 Å². The number of nitrogens with zero attached hydrogens (tertiary/aromatic N) is 3. The van der Waals surface area contributed by atoms with Crippen LogP contribution in [0.25, 0.3) is 0 Å². The van der Waals surface area contributed by atoms with E-state index in [4.69, 9.17) is 4.74 Å². The van der Waals surface area contributed by atoms with Crippen LogP contribution in [0.15, 0.2) is 72.8 Å². The maximum absolute atomic E-state index is 14.3. The molecule has 212 valence electrons. The molecule has 7 nitrogen and oxygen atoms in total. The maximum Gasteiger partial charge on any atom is 0.410 e. The molecule has 3 aromatic rings. The highest BCUT2D eigenvalue weighted by Gasteiger charge is 2.56. The fraction of sp³-hybridized carbons (Fsp3) is 0.387. The van der Waals surface area contributed by atoms with Gasteiger partial charge in [0.25, 0.3) is 5.66 Å². The Bertz CT molecular complexity index is 1340. The summed E-state index contributed by atoms with van der Waals surface area (Å²) < 4.78 is 33.6. The summed E-state index contributed by atoms with van der Waals surface area (Å²) in [5.74, 6) is -1.60. The normalized spacial score (nSPS) is 19.1. The first-order valence-corrected chi connectivity index (χ1v) is 13.3. The summed E-state index contributed by atoms with van der Waals surface area (Å²) in [6.07, 6.45) is -0.545. The fourth-order valence-corrected chi connectivity index (χ4v) is 5.36. The number of benzene rings is 3. The quantitative estimate of drug-likeness (QED) is 0.235. The van der Waals surface area contributed by atoms with Gasteiger partial charge in [0.2, 0.25) is 0 Å². The molecule has 40 heavy (non-hydrogen) atoms. The molecule has 0 radical (unpaired) electrons. The van der Waals surface area contributed by atoms with Crippen LogP contribution >= 0.6 is 0 Å². The lowest BCUT2D eigenvalue weighted by Gasteiger charge is -2.45. The lowest BCUT2D eigenvalue weighted by atomic mass is 9.76. The molecular formula is C31H35F2N3O4. The van der Waals surface area contributed by atoms with Gasteiger partial charge in [-0.2, -0.15) is 0 Å². The van der Waals surface area contributed by atoms with Crippen LogP contribution in [0, 0.1) is 21.7 Å². The van der Waals surface area contributed by atoms with Gasteiger partial charge in [0.1, 0.15) is 17.2 Å². The zero-order valence-electron chi connectivity index (χ0n) is 23.3. The van der Waals surface area contributed by atoms with Crippen molar-refractivity contribution in [3.05, 3.63) is 117 Å². The van der Waals surface area contributed by atoms with E-state index >= 15 is 0 Å². The predicted octanol–water partition coefficient (Wildman–Crippen LogP) is 6.54.